The van der Waals surface area contributed by atoms with Crippen LogP contribution in [0.15, 0.2) is 6.20 Å². The summed E-state index contributed by atoms with van der Waals surface area (Å²) in [5, 5.41) is 5.34. The van der Waals surface area contributed by atoms with E-state index in [1.165, 1.54) is 0 Å². The van der Waals surface area contributed by atoms with Gasteiger partial charge in [0.1, 0.15) is 10.8 Å². The Morgan fingerprint density at radius 3 is 3.18 bits per heavy atom. The van der Waals surface area contributed by atoms with Crippen LogP contribution >= 0.6 is 11.3 Å². The summed E-state index contributed by atoms with van der Waals surface area (Å²) in [6.45, 7) is 2.07. The molecule has 0 spiro atoms. The van der Waals surface area contributed by atoms with Crippen LogP contribution in [0, 0.1) is 0 Å². The molecule has 0 aliphatic heterocycles. The number of aromatic nitrogens is 3. The van der Waals surface area contributed by atoms with Crippen molar-refractivity contribution < 1.29 is 0 Å². The maximum atomic E-state index is 5.46. The first-order valence-electron chi connectivity index (χ1n) is 3.40. The Bertz CT molecular complexity index is 343. The predicted octanol–water partition coefficient (Wildman–Crippen LogP) is 0.935. The molecule has 0 radical (unpaired) electrons. The Labute approximate surface area is 67.7 Å². The summed E-state index contributed by atoms with van der Waals surface area (Å²) in [7, 11) is 0. The molecule has 0 unspecified atom stereocenters. The van der Waals surface area contributed by atoms with Gasteiger partial charge >= 0.3 is 0 Å². The zero-order valence-electron chi connectivity index (χ0n) is 6.11. The topological polar surface area (TPSA) is 56.2 Å². The van der Waals surface area contributed by atoms with E-state index >= 15 is 0 Å². The molecule has 2 N–H and O–H groups in total. The SMILES string of the molecule is CCc1nn2cc(N)nc2s1. The summed E-state index contributed by atoms with van der Waals surface area (Å²) >= 11 is 1.58. The quantitative estimate of drug-likeness (QED) is 0.689. The number of fused-ring (bicyclic) bond motifs is 1. The average Bonchev–Trinajstić information content (AvgIpc) is 2.43. The second kappa shape index (κ2) is 2.20. The van der Waals surface area contributed by atoms with E-state index in [2.05, 4.69) is 17.0 Å². The number of nitrogens with zero attached hydrogens (tertiary/aromatic N) is 3. The number of imidazole rings is 1. The average molecular weight is 168 g/mol. The zero-order chi connectivity index (χ0) is 7.84. The van der Waals surface area contributed by atoms with Crippen LogP contribution in [0.3, 0.4) is 0 Å². The van der Waals surface area contributed by atoms with Gasteiger partial charge in [0.25, 0.3) is 0 Å². The lowest BCUT2D eigenvalue weighted by Gasteiger charge is -1.80. The first kappa shape index (κ1) is 6.60. The standard InChI is InChI=1S/C6H8N4S/c1-2-5-9-10-3-4(7)8-6(10)11-5/h3H,2,7H2,1H3. The number of rotatable bonds is 1. The molecule has 58 valence electrons. The van der Waals surface area contributed by atoms with Gasteiger partial charge in [-0.25, -0.2) is 9.50 Å². The maximum absolute atomic E-state index is 5.46. The van der Waals surface area contributed by atoms with Crippen molar-refractivity contribution in [2.75, 3.05) is 5.73 Å². The number of aryl methyl sites for hydroxylation is 1. The maximum Gasteiger partial charge on any atom is 0.214 e. The van der Waals surface area contributed by atoms with Gasteiger partial charge in [0.2, 0.25) is 4.96 Å². The minimum atomic E-state index is 0.534. The molecule has 0 fully saturated rings. The molecule has 0 bridgehead atoms. The van der Waals surface area contributed by atoms with Gasteiger partial charge in [0, 0.05) is 0 Å². The van der Waals surface area contributed by atoms with Gasteiger partial charge in [-0.1, -0.05) is 18.3 Å². The van der Waals surface area contributed by atoms with Gasteiger partial charge in [0.05, 0.1) is 6.20 Å². The van der Waals surface area contributed by atoms with Crippen molar-refractivity contribution in [1.82, 2.24) is 14.6 Å². The van der Waals surface area contributed by atoms with Crippen molar-refractivity contribution in [2.24, 2.45) is 0 Å². The van der Waals surface area contributed by atoms with Crippen molar-refractivity contribution in [3.63, 3.8) is 0 Å². The number of nitrogen functional groups attached to an aromatic ring is 1. The van der Waals surface area contributed by atoms with Crippen LogP contribution < -0.4 is 5.73 Å². The fourth-order valence-corrected chi connectivity index (χ4v) is 1.72. The van der Waals surface area contributed by atoms with E-state index in [0.717, 1.165) is 16.4 Å². The molecule has 4 nitrogen and oxygen atoms in total. The van der Waals surface area contributed by atoms with Gasteiger partial charge in [-0.3, -0.25) is 0 Å². The molecule has 2 aromatic heterocycles. The Kier molecular flexibility index (Phi) is 1.32. The normalized spacial score (nSPS) is 11.0. The molecule has 11 heavy (non-hydrogen) atoms. The molecule has 0 saturated carbocycles. The minimum Gasteiger partial charge on any atom is -0.382 e. The third-order valence-corrected chi connectivity index (χ3v) is 2.47. The van der Waals surface area contributed by atoms with Crippen molar-refractivity contribution in [3.8, 4) is 0 Å². The molecule has 0 aromatic carbocycles. The zero-order valence-corrected chi connectivity index (χ0v) is 6.93. The minimum absolute atomic E-state index is 0.534. The van der Waals surface area contributed by atoms with E-state index in [4.69, 9.17) is 5.73 Å². The molecular formula is C6H8N4S. The van der Waals surface area contributed by atoms with Crippen LogP contribution in [0.1, 0.15) is 11.9 Å². The van der Waals surface area contributed by atoms with Crippen molar-refractivity contribution in [1.29, 1.82) is 0 Å². The van der Waals surface area contributed by atoms with Gasteiger partial charge < -0.3 is 5.73 Å². The number of hydrogen-bond donors (Lipinski definition) is 1. The van der Waals surface area contributed by atoms with Crippen molar-refractivity contribution >= 4 is 22.1 Å². The van der Waals surface area contributed by atoms with Crippen LogP contribution in [-0.2, 0) is 6.42 Å². The van der Waals surface area contributed by atoms with E-state index in [1.807, 2.05) is 0 Å². The molecule has 0 atom stereocenters. The summed E-state index contributed by atoms with van der Waals surface area (Å²) in [5.74, 6) is 0.534. The van der Waals surface area contributed by atoms with E-state index in [1.54, 1.807) is 22.0 Å². The molecule has 0 saturated heterocycles. The summed E-state index contributed by atoms with van der Waals surface area (Å²) in [6, 6.07) is 0. The van der Waals surface area contributed by atoms with Crippen molar-refractivity contribution in [3.05, 3.63) is 11.2 Å². The third kappa shape index (κ3) is 0.970. The van der Waals surface area contributed by atoms with E-state index in [9.17, 15) is 0 Å². The smallest absolute Gasteiger partial charge is 0.214 e. The summed E-state index contributed by atoms with van der Waals surface area (Å²) in [6.07, 6.45) is 2.68. The summed E-state index contributed by atoms with van der Waals surface area (Å²) in [4.78, 5) is 4.95. The van der Waals surface area contributed by atoms with Crippen LogP contribution in [0.5, 0.6) is 0 Å². The molecule has 0 aliphatic carbocycles. The van der Waals surface area contributed by atoms with Gasteiger partial charge in [-0.05, 0) is 6.42 Å². The summed E-state index contributed by atoms with van der Waals surface area (Å²) in [5.41, 5.74) is 5.46. The van der Waals surface area contributed by atoms with Crippen LogP contribution in [-0.4, -0.2) is 14.6 Å². The van der Waals surface area contributed by atoms with Crippen molar-refractivity contribution in [2.45, 2.75) is 13.3 Å². The second-order valence-corrected chi connectivity index (χ2v) is 3.28. The van der Waals surface area contributed by atoms with Gasteiger partial charge in [-0.2, -0.15) is 5.10 Å². The number of anilines is 1. The Hall–Kier alpha value is -1.10. The predicted molar refractivity (Wildman–Crippen MR) is 44.7 cm³/mol. The highest BCUT2D eigenvalue weighted by atomic mass is 32.1. The number of nitrogens with two attached hydrogens (primary N) is 1. The highest BCUT2D eigenvalue weighted by Gasteiger charge is 2.03. The van der Waals surface area contributed by atoms with E-state index in [0.29, 0.717) is 5.82 Å². The largest absolute Gasteiger partial charge is 0.382 e. The second-order valence-electron chi connectivity index (χ2n) is 2.24. The van der Waals surface area contributed by atoms with E-state index in [-0.39, 0.29) is 0 Å². The molecule has 0 amide bonds. The summed E-state index contributed by atoms with van der Waals surface area (Å²) < 4.78 is 1.72. The lowest BCUT2D eigenvalue weighted by Crippen LogP contribution is -1.85. The monoisotopic (exact) mass is 168 g/mol. The lowest BCUT2D eigenvalue weighted by atomic mass is 10.5. The Morgan fingerprint density at radius 1 is 1.73 bits per heavy atom. The number of hydrogen-bond acceptors (Lipinski definition) is 4. The van der Waals surface area contributed by atoms with Crippen LogP contribution in [0.25, 0.3) is 4.96 Å². The van der Waals surface area contributed by atoms with Crippen LogP contribution in [0.4, 0.5) is 5.82 Å². The fourth-order valence-electron chi connectivity index (χ4n) is 0.901. The molecule has 2 heterocycles. The highest BCUT2D eigenvalue weighted by Crippen LogP contribution is 2.15. The third-order valence-electron chi connectivity index (χ3n) is 1.41. The van der Waals surface area contributed by atoms with E-state index < -0.39 is 0 Å². The fraction of sp³-hybridized carbons (Fsp3) is 0.333. The molecule has 5 heteroatoms. The lowest BCUT2D eigenvalue weighted by molar-refractivity contribution is 0.911. The molecule has 2 rings (SSSR count). The first-order valence-corrected chi connectivity index (χ1v) is 4.22. The van der Waals surface area contributed by atoms with Gasteiger partial charge in [-0.15, -0.1) is 0 Å². The Balaban J connectivity index is 2.64. The molecular weight excluding hydrogens is 160 g/mol. The molecule has 2 aromatic rings. The molecule has 0 aliphatic rings. The highest BCUT2D eigenvalue weighted by molar-refractivity contribution is 7.16. The van der Waals surface area contributed by atoms with Gasteiger partial charge in [0.15, 0.2) is 0 Å². The van der Waals surface area contributed by atoms with Crippen LogP contribution in [0.2, 0.25) is 0 Å². The first-order chi connectivity index (χ1) is 5.29. The Morgan fingerprint density at radius 2 is 2.55 bits per heavy atom.